The molecule has 11 nitrogen and oxygen atoms in total. The molecule has 14 heteroatoms. The highest BCUT2D eigenvalue weighted by Gasteiger charge is 2.62. The Bertz CT molecular complexity index is 1430. The van der Waals surface area contributed by atoms with Crippen LogP contribution in [0, 0.1) is 0 Å². The van der Waals surface area contributed by atoms with Gasteiger partial charge in [0.1, 0.15) is 17.5 Å². The second-order valence-electron chi connectivity index (χ2n) is 9.80. The van der Waals surface area contributed by atoms with E-state index in [-0.39, 0.29) is 21.4 Å². The van der Waals surface area contributed by atoms with Crippen molar-refractivity contribution in [3.05, 3.63) is 73.6 Å². The summed E-state index contributed by atoms with van der Waals surface area (Å²) in [5.74, 6) is -3.40. The highest BCUT2D eigenvalue weighted by molar-refractivity contribution is 7.88. The van der Waals surface area contributed by atoms with Crippen LogP contribution in [-0.4, -0.2) is 51.9 Å². The number of carboxylic acids is 1. The molecular weight excluding hydrogens is 557 g/mol. The molecule has 0 bridgehead atoms. The molecule has 1 saturated carbocycles. The molecule has 1 unspecified atom stereocenters. The van der Waals surface area contributed by atoms with Crippen molar-refractivity contribution in [3.63, 3.8) is 0 Å². The van der Waals surface area contributed by atoms with Crippen LogP contribution >= 0.6 is 23.2 Å². The first kappa shape index (κ1) is 27.0. The van der Waals surface area contributed by atoms with Crippen LogP contribution in [0.3, 0.4) is 0 Å². The number of hydrogen-bond acceptors (Lipinski definition) is 7. The van der Waals surface area contributed by atoms with Crippen LogP contribution in [0.25, 0.3) is 10.4 Å². The van der Waals surface area contributed by atoms with Crippen molar-refractivity contribution in [2.75, 3.05) is 5.88 Å². The maximum absolute atomic E-state index is 13.3. The fourth-order valence-electron chi connectivity index (χ4n) is 6.31. The number of hydrogen-bond donors (Lipinski definition) is 2. The van der Waals surface area contributed by atoms with E-state index in [1.165, 1.54) is 12.1 Å². The van der Waals surface area contributed by atoms with Gasteiger partial charge in [0.05, 0.1) is 17.1 Å². The molecule has 2 aliphatic heterocycles. The van der Waals surface area contributed by atoms with E-state index in [9.17, 15) is 23.4 Å². The van der Waals surface area contributed by atoms with Gasteiger partial charge in [0.2, 0.25) is 10.0 Å². The van der Waals surface area contributed by atoms with Crippen LogP contribution in [0.5, 0.6) is 5.75 Å². The number of fused-ring (bicyclic) bond motifs is 5. The number of nitrogens with zero attached hydrogens (tertiary/aromatic N) is 5. The minimum Gasteiger partial charge on any atom is -0.507 e. The van der Waals surface area contributed by atoms with Gasteiger partial charge >= 0.3 is 5.97 Å². The number of benzene rings is 2. The van der Waals surface area contributed by atoms with E-state index in [0.717, 1.165) is 17.3 Å². The van der Waals surface area contributed by atoms with Gasteiger partial charge in [0.25, 0.3) is 0 Å². The zero-order chi connectivity index (χ0) is 27.4. The topological polar surface area (TPSA) is 156 Å². The predicted octanol–water partition coefficient (Wildman–Crippen LogP) is 5.25. The third kappa shape index (κ3) is 4.21. The van der Waals surface area contributed by atoms with E-state index in [1.807, 2.05) is 4.90 Å². The molecule has 0 radical (unpaired) electrons. The zero-order valence-electron chi connectivity index (χ0n) is 20.2. The highest BCUT2D eigenvalue weighted by atomic mass is 35.5. The Kier molecular flexibility index (Phi) is 7.02. The number of azide groups is 1. The molecule has 0 amide bonds. The number of sulfonamides is 1. The Morgan fingerprint density at radius 2 is 1.92 bits per heavy atom. The first-order valence-corrected chi connectivity index (χ1v) is 14.4. The molecule has 0 spiro atoms. The molecule has 5 rings (SSSR count). The van der Waals surface area contributed by atoms with Crippen molar-refractivity contribution in [1.82, 2.24) is 9.37 Å². The molecule has 38 heavy (non-hydrogen) atoms. The summed E-state index contributed by atoms with van der Waals surface area (Å²) in [5, 5.41) is 25.1. The lowest BCUT2D eigenvalue weighted by Crippen LogP contribution is -2.70. The summed E-state index contributed by atoms with van der Waals surface area (Å²) in [6.45, 7) is 1.68. The number of aliphatic carboxylic acids is 1. The second-order valence-corrected chi connectivity index (χ2v) is 12.4. The molecule has 3 aliphatic rings. The van der Waals surface area contributed by atoms with Crippen molar-refractivity contribution >= 4 is 39.2 Å². The smallest absolute Gasteiger partial charge is 0.312 e. The summed E-state index contributed by atoms with van der Waals surface area (Å²) < 4.78 is 27.6. The van der Waals surface area contributed by atoms with Crippen molar-refractivity contribution in [1.29, 1.82) is 0 Å². The van der Waals surface area contributed by atoms with Gasteiger partial charge in [-0.3, -0.25) is 14.5 Å². The summed E-state index contributed by atoms with van der Waals surface area (Å²) in [6, 6.07) is 7.30. The number of hydroxylamine groups is 1. The maximum Gasteiger partial charge on any atom is 0.312 e. The summed E-state index contributed by atoms with van der Waals surface area (Å²) in [6.07, 6.45) is 2.47. The lowest BCUT2D eigenvalue weighted by molar-refractivity contribution is -0.345. The van der Waals surface area contributed by atoms with Crippen molar-refractivity contribution in [3.8, 4) is 5.75 Å². The van der Waals surface area contributed by atoms with Crippen LogP contribution in [0.15, 0.2) is 41.5 Å². The summed E-state index contributed by atoms with van der Waals surface area (Å²) in [5.41, 5.74) is 8.33. The molecule has 2 N–H and O–H groups in total. The lowest BCUT2D eigenvalue weighted by Gasteiger charge is -2.62. The molecule has 2 aromatic carbocycles. The first-order valence-electron chi connectivity index (χ1n) is 12.0. The number of phenolic OH excluding ortho intramolecular Hbond substituents is 1. The van der Waals surface area contributed by atoms with E-state index in [2.05, 4.69) is 10.0 Å². The quantitative estimate of drug-likeness (QED) is 0.277. The summed E-state index contributed by atoms with van der Waals surface area (Å²) in [4.78, 5) is 23.7. The van der Waals surface area contributed by atoms with Gasteiger partial charge in [-0.05, 0) is 43.0 Å². The first-order chi connectivity index (χ1) is 18.0. The maximum atomic E-state index is 13.3. The zero-order valence-corrected chi connectivity index (χ0v) is 22.6. The fourth-order valence-corrected chi connectivity index (χ4v) is 8.13. The van der Waals surface area contributed by atoms with Crippen LogP contribution < -0.4 is 0 Å². The normalized spacial score (nSPS) is 29.4. The van der Waals surface area contributed by atoms with Crippen LogP contribution in [0.4, 0.5) is 0 Å². The largest absolute Gasteiger partial charge is 0.507 e. The number of halogens is 2. The van der Waals surface area contributed by atoms with Crippen molar-refractivity contribution < 1.29 is 28.3 Å². The standard InChI is InChI=1S/C24H25Cl2N5O6S/c1-24-15-7-3-2-6-14(15)20(23(33)34)22(21-16(26)10-13(25)11-19(21)32)30(24)17-8-4-5-9-18(17)31(37-24)38(35,36)12-28-29-27/h2-3,6-7,10-11,17-18,20,22,32H,4-5,8-9,12H2,1H3,(H,33,34)/t17-,18-,20+,22+,24?/m0/s1. The third-order valence-electron chi connectivity index (χ3n) is 7.69. The molecule has 0 aromatic heterocycles. The van der Waals surface area contributed by atoms with Gasteiger partial charge in [-0.1, -0.05) is 69.9 Å². The van der Waals surface area contributed by atoms with Gasteiger partial charge < -0.3 is 10.2 Å². The van der Waals surface area contributed by atoms with E-state index in [1.54, 1.807) is 31.2 Å². The molecule has 2 aromatic rings. The Hall–Kier alpha value is -2.57. The molecule has 1 saturated heterocycles. The van der Waals surface area contributed by atoms with Gasteiger partial charge in [0.15, 0.2) is 5.72 Å². The van der Waals surface area contributed by atoms with Crippen LogP contribution in [0.1, 0.15) is 61.3 Å². The molecule has 2 fully saturated rings. The average Bonchev–Trinajstić information content (AvgIpc) is 2.86. The Balaban J connectivity index is 1.80. The van der Waals surface area contributed by atoms with Crippen molar-refractivity contribution in [2.24, 2.45) is 5.11 Å². The number of aromatic hydroxyl groups is 1. The Morgan fingerprint density at radius 1 is 1.24 bits per heavy atom. The van der Waals surface area contributed by atoms with E-state index < -0.39 is 51.6 Å². The van der Waals surface area contributed by atoms with E-state index in [0.29, 0.717) is 24.0 Å². The van der Waals surface area contributed by atoms with Crippen molar-refractivity contribution in [2.45, 2.75) is 62.4 Å². The lowest BCUT2D eigenvalue weighted by atomic mass is 9.72. The SMILES string of the molecule is CC12ON(S(=O)(=O)CN=[N+]=[N-])[C@H]3CCCC[C@@H]3N1[C@@H](c1c(O)cc(Cl)cc1Cl)[C@H](C(=O)O)c1ccccc12. The summed E-state index contributed by atoms with van der Waals surface area (Å²) in [7, 11) is -4.19. The second kappa shape index (κ2) is 9.87. The summed E-state index contributed by atoms with van der Waals surface area (Å²) >= 11 is 12.7. The Labute approximate surface area is 229 Å². The molecule has 2 heterocycles. The van der Waals surface area contributed by atoms with Crippen LogP contribution in [-0.2, 0) is 25.4 Å². The van der Waals surface area contributed by atoms with Gasteiger partial charge in [0, 0.05) is 27.1 Å². The minimum atomic E-state index is -4.19. The number of carboxylic acid groups (broad SMARTS) is 1. The number of carbonyl (C=O) groups is 1. The monoisotopic (exact) mass is 581 g/mol. The predicted molar refractivity (Wildman–Crippen MR) is 139 cm³/mol. The number of phenols is 1. The number of rotatable bonds is 5. The molecule has 1 aliphatic carbocycles. The molecule has 202 valence electrons. The van der Waals surface area contributed by atoms with E-state index >= 15 is 0 Å². The minimum absolute atomic E-state index is 0.0822. The average molecular weight is 582 g/mol. The third-order valence-corrected chi connectivity index (χ3v) is 9.55. The molecular formula is C24H25Cl2N5O6S. The molecule has 5 atom stereocenters. The van der Waals surface area contributed by atoms with Gasteiger partial charge in [-0.25, -0.2) is 8.42 Å². The van der Waals surface area contributed by atoms with Gasteiger partial charge in [-0.15, -0.1) is 0 Å². The highest BCUT2D eigenvalue weighted by Crippen LogP contribution is 2.58. The fraction of sp³-hybridized carbons (Fsp3) is 0.458. The van der Waals surface area contributed by atoms with Gasteiger partial charge in [-0.2, -0.15) is 0 Å². The van der Waals surface area contributed by atoms with Crippen LogP contribution in [0.2, 0.25) is 10.0 Å². The van der Waals surface area contributed by atoms with E-state index in [4.69, 9.17) is 33.6 Å². The Morgan fingerprint density at radius 3 is 2.58 bits per heavy atom.